The highest BCUT2D eigenvalue weighted by Gasteiger charge is 2.33. The van der Waals surface area contributed by atoms with Crippen molar-refractivity contribution in [1.29, 1.82) is 0 Å². The van der Waals surface area contributed by atoms with E-state index in [4.69, 9.17) is 78.5 Å². The van der Waals surface area contributed by atoms with Gasteiger partial charge in [-0.3, -0.25) is 0 Å². The average molecular weight is 355 g/mol. The molecule has 0 rings (SSSR count). The molecule has 0 fully saturated rings. The smallest absolute Gasteiger partial charge is 0.332 e. The van der Waals surface area contributed by atoms with Crippen LogP contribution in [0.4, 0.5) is 0 Å². The lowest BCUT2D eigenvalue weighted by molar-refractivity contribution is 0.185. The van der Waals surface area contributed by atoms with Crippen molar-refractivity contribution in [3.8, 4) is 0 Å². The molecule has 9 heteroatoms. The third-order valence-electron chi connectivity index (χ3n) is 1.17. The van der Waals surface area contributed by atoms with E-state index < -0.39 is 16.1 Å². The minimum atomic E-state index is -2.43. The highest BCUT2D eigenvalue weighted by molar-refractivity contribution is 6.69. The van der Waals surface area contributed by atoms with Crippen molar-refractivity contribution in [2.45, 2.75) is 20.7 Å². The first-order valence-corrected chi connectivity index (χ1v) is 8.91. The summed E-state index contributed by atoms with van der Waals surface area (Å²) >= 11 is 33.1. The first-order valence-electron chi connectivity index (χ1n) is 3.83. The molecule has 0 amide bonds. The molecule has 0 aliphatic rings. The van der Waals surface area contributed by atoms with Gasteiger partial charge in [-0.1, -0.05) is 69.6 Å². The summed E-state index contributed by atoms with van der Waals surface area (Å²) in [6, 6.07) is 0. The van der Waals surface area contributed by atoms with Crippen LogP contribution in [0.15, 0.2) is 0 Å². The highest BCUT2D eigenvalue weighted by Crippen LogP contribution is 2.30. The molecule has 0 heterocycles. The zero-order chi connectivity index (χ0) is 12.3. The summed E-state index contributed by atoms with van der Waals surface area (Å²) in [5, 5.41) is 0. The van der Waals surface area contributed by atoms with Crippen molar-refractivity contribution in [2.24, 2.45) is 0 Å². The molecule has 0 spiro atoms. The van der Waals surface area contributed by atoms with Gasteiger partial charge in [0.25, 0.3) is 0 Å². The normalized spacial score (nSPS) is 14.4. The van der Waals surface area contributed by atoms with Gasteiger partial charge in [-0.2, -0.15) is 0 Å². The number of hydrogen-bond acceptors (Lipinski definition) is 2. The van der Waals surface area contributed by atoms with E-state index in [0.29, 0.717) is 0 Å². The number of alkyl halides is 6. The quantitative estimate of drug-likeness (QED) is 0.548. The predicted molar refractivity (Wildman–Crippen MR) is 70.0 cm³/mol. The Bertz CT molecular complexity index is 179. The van der Waals surface area contributed by atoms with Crippen molar-refractivity contribution >= 4 is 78.2 Å². The lowest BCUT2D eigenvalue weighted by atomic mass is 10.8. The maximum atomic E-state index is 5.52. The minimum absolute atomic E-state index is 0.0588. The summed E-state index contributed by atoms with van der Waals surface area (Å²) in [7, 11) is -2.43. The molecule has 0 N–H and O–H groups in total. The molecular weight excluding hydrogens is 345 g/mol. The van der Waals surface area contributed by atoms with E-state index in [2.05, 4.69) is 0 Å². The third kappa shape index (κ3) is 12.1. The van der Waals surface area contributed by atoms with Crippen molar-refractivity contribution in [3.63, 3.8) is 0 Å². The fourth-order valence-corrected chi connectivity index (χ4v) is 2.64. The summed E-state index contributed by atoms with van der Waals surface area (Å²) in [5.74, 6) is 0. The Hall–Kier alpha value is 1.88. The molecule has 0 unspecified atom stereocenters. The molecule has 0 atom stereocenters. The van der Waals surface area contributed by atoms with Crippen LogP contribution in [0, 0.1) is 0 Å². The fourth-order valence-electron chi connectivity index (χ4n) is 0.553. The standard InChI is InChI=1S/C6H10Cl6O2Si/c1-15(2,13-3-5(7,8)9)14-4-6(10,11)12/h3-4H2,1-2H3. The maximum Gasteiger partial charge on any atom is 0.332 e. The Labute approximate surface area is 120 Å². The van der Waals surface area contributed by atoms with Crippen molar-refractivity contribution < 1.29 is 8.85 Å². The maximum absolute atomic E-state index is 5.52. The Kier molecular flexibility index (Phi) is 6.93. The van der Waals surface area contributed by atoms with E-state index in [-0.39, 0.29) is 13.2 Å². The topological polar surface area (TPSA) is 18.5 Å². The van der Waals surface area contributed by atoms with E-state index in [9.17, 15) is 0 Å². The van der Waals surface area contributed by atoms with Crippen LogP contribution in [-0.4, -0.2) is 29.4 Å². The summed E-state index contributed by atoms with van der Waals surface area (Å²) in [6.07, 6.45) is 0. The average Bonchev–Trinajstić information content (AvgIpc) is 1.96. The van der Waals surface area contributed by atoms with E-state index in [1.165, 1.54) is 0 Å². The van der Waals surface area contributed by atoms with Gasteiger partial charge < -0.3 is 8.85 Å². The van der Waals surface area contributed by atoms with Crippen LogP contribution in [-0.2, 0) is 8.85 Å². The second-order valence-corrected chi connectivity index (χ2v) is 11.6. The monoisotopic (exact) mass is 352 g/mol. The zero-order valence-electron chi connectivity index (χ0n) is 8.00. The predicted octanol–water partition coefficient (Wildman–Crippen LogP) is 4.46. The fraction of sp³-hybridized carbons (Fsp3) is 1.00. The van der Waals surface area contributed by atoms with Crippen molar-refractivity contribution in [2.75, 3.05) is 13.2 Å². The molecule has 0 radical (unpaired) electrons. The lowest BCUT2D eigenvalue weighted by Crippen LogP contribution is -2.40. The van der Waals surface area contributed by atoms with Gasteiger partial charge in [0.15, 0.2) is 0 Å². The van der Waals surface area contributed by atoms with Gasteiger partial charge in [-0.05, 0) is 13.1 Å². The van der Waals surface area contributed by atoms with Crippen molar-refractivity contribution in [1.82, 2.24) is 0 Å². The largest absolute Gasteiger partial charge is 0.390 e. The molecule has 15 heavy (non-hydrogen) atoms. The highest BCUT2D eigenvalue weighted by atomic mass is 35.6. The molecule has 0 aromatic heterocycles. The van der Waals surface area contributed by atoms with Gasteiger partial charge in [0, 0.05) is 0 Å². The molecule has 0 aliphatic carbocycles. The van der Waals surface area contributed by atoms with Crippen LogP contribution in [0.5, 0.6) is 0 Å². The zero-order valence-corrected chi connectivity index (χ0v) is 13.5. The van der Waals surface area contributed by atoms with Gasteiger partial charge in [0.05, 0.1) is 13.2 Å². The van der Waals surface area contributed by atoms with Gasteiger partial charge in [0.2, 0.25) is 7.59 Å². The van der Waals surface area contributed by atoms with E-state index in [1.54, 1.807) is 13.1 Å². The lowest BCUT2D eigenvalue weighted by Gasteiger charge is -2.26. The van der Waals surface area contributed by atoms with E-state index >= 15 is 0 Å². The van der Waals surface area contributed by atoms with Crippen LogP contribution in [0.3, 0.4) is 0 Å². The van der Waals surface area contributed by atoms with Crippen molar-refractivity contribution in [3.05, 3.63) is 0 Å². The summed E-state index contributed by atoms with van der Waals surface area (Å²) in [6.45, 7) is 3.41. The molecule has 0 aliphatic heterocycles. The Morgan fingerprint density at radius 1 is 0.800 bits per heavy atom. The second kappa shape index (κ2) is 6.16. The van der Waals surface area contributed by atoms with Crippen LogP contribution >= 0.6 is 69.6 Å². The summed E-state index contributed by atoms with van der Waals surface area (Å²) < 4.78 is 7.74. The van der Waals surface area contributed by atoms with Crippen LogP contribution < -0.4 is 0 Å². The van der Waals surface area contributed by atoms with Gasteiger partial charge in [-0.25, -0.2) is 0 Å². The van der Waals surface area contributed by atoms with Crippen LogP contribution in [0.25, 0.3) is 0 Å². The molecule has 0 aromatic carbocycles. The van der Waals surface area contributed by atoms with E-state index in [1.807, 2.05) is 0 Å². The molecule has 92 valence electrons. The Morgan fingerprint density at radius 2 is 1.07 bits per heavy atom. The number of hydrogen-bond donors (Lipinski definition) is 0. The molecular formula is C6H10Cl6O2Si. The van der Waals surface area contributed by atoms with Crippen LogP contribution in [0.1, 0.15) is 0 Å². The Morgan fingerprint density at radius 3 is 1.27 bits per heavy atom. The first-order chi connectivity index (χ1) is 6.41. The Balaban J connectivity index is 3.98. The van der Waals surface area contributed by atoms with Crippen LogP contribution in [0.2, 0.25) is 13.1 Å². The minimum Gasteiger partial charge on any atom is -0.390 e. The molecule has 0 saturated heterocycles. The SMILES string of the molecule is C[Si](C)(OCC(Cl)(Cl)Cl)OCC(Cl)(Cl)Cl. The second-order valence-electron chi connectivity index (χ2n) is 3.21. The molecule has 0 saturated carbocycles. The molecule has 0 bridgehead atoms. The number of rotatable bonds is 4. The molecule has 2 nitrogen and oxygen atoms in total. The number of halogens is 6. The summed E-state index contributed by atoms with van der Waals surface area (Å²) in [5.41, 5.74) is 0. The van der Waals surface area contributed by atoms with Gasteiger partial charge in [-0.15, -0.1) is 0 Å². The van der Waals surface area contributed by atoms with Gasteiger partial charge >= 0.3 is 8.56 Å². The van der Waals surface area contributed by atoms with Gasteiger partial charge in [0.1, 0.15) is 0 Å². The van der Waals surface area contributed by atoms with E-state index in [0.717, 1.165) is 0 Å². The summed E-state index contributed by atoms with van der Waals surface area (Å²) in [4.78, 5) is 0. The molecule has 0 aromatic rings. The first kappa shape index (κ1) is 16.9. The third-order valence-corrected chi connectivity index (χ3v) is 3.50.